The zero-order valence-electron chi connectivity index (χ0n) is 14.2. The van der Waals surface area contributed by atoms with Crippen LogP contribution in [0.2, 0.25) is 0 Å². The number of rotatable bonds is 8. The molecule has 0 bridgehead atoms. The molecule has 0 radical (unpaired) electrons. The second-order valence-corrected chi connectivity index (χ2v) is 7.97. The van der Waals surface area contributed by atoms with Gasteiger partial charge >= 0.3 is 0 Å². The Kier molecular flexibility index (Phi) is 7.53. The summed E-state index contributed by atoms with van der Waals surface area (Å²) in [6.07, 6.45) is 0. The van der Waals surface area contributed by atoms with Crippen LogP contribution in [0.5, 0.6) is 5.75 Å². The van der Waals surface area contributed by atoms with E-state index < -0.39 is 0 Å². The van der Waals surface area contributed by atoms with Crippen molar-refractivity contribution in [1.82, 2.24) is 5.32 Å². The topological polar surface area (TPSA) is 38.3 Å². The van der Waals surface area contributed by atoms with Crippen LogP contribution in [0.3, 0.4) is 0 Å². The molecule has 0 heterocycles. The first-order valence-electron chi connectivity index (χ1n) is 7.86. The molecule has 0 saturated carbocycles. The summed E-state index contributed by atoms with van der Waals surface area (Å²) in [6.45, 7) is 4.68. The number of amides is 1. The van der Waals surface area contributed by atoms with Crippen LogP contribution in [-0.4, -0.2) is 30.6 Å². The average Bonchev–Trinajstić information content (AvgIpc) is 2.60. The van der Waals surface area contributed by atoms with E-state index in [1.165, 1.54) is 10.5 Å². The van der Waals surface area contributed by atoms with Crippen molar-refractivity contribution in [2.45, 2.75) is 28.9 Å². The molecule has 2 aromatic rings. The Bertz CT molecular complexity index is 641. The number of methoxy groups -OCH3 is 1. The molecular weight excluding hydrogens is 338 g/mol. The summed E-state index contributed by atoms with van der Waals surface area (Å²) in [4.78, 5) is 14.5. The summed E-state index contributed by atoms with van der Waals surface area (Å²) < 4.78 is 5.14. The molecule has 0 aliphatic heterocycles. The Hall–Kier alpha value is -1.59. The van der Waals surface area contributed by atoms with Crippen LogP contribution in [0.4, 0.5) is 0 Å². The largest absolute Gasteiger partial charge is 0.497 e. The van der Waals surface area contributed by atoms with Gasteiger partial charge in [0, 0.05) is 22.1 Å². The number of aryl methyl sites for hydroxylation is 1. The third kappa shape index (κ3) is 6.13. The third-order valence-corrected chi connectivity index (χ3v) is 5.56. The van der Waals surface area contributed by atoms with E-state index in [9.17, 15) is 4.79 Å². The monoisotopic (exact) mass is 361 g/mol. The summed E-state index contributed by atoms with van der Waals surface area (Å²) in [7, 11) is 1.65. The number of thioether (sulfide) groups is 2. The van der Waals surface area contributed by atoms with Crippen molar-refractivity contribution in [2.24, 2.45) is 0 Å². The van der Waals surface area contributed by atoms with Gasteiger partial charge in [-0.2, -0.15) is 0 Å². The van der Waals surface area contributed by atoms with Crippen molar-refractivity contribution in [3.05, 3.63) is 54.1 Å². The fourth-order valence-electron chi connectivity index (χ4n) is 2.03. The molecule has 0 spiro atoms. The maximum absolute atomic E-state index is 12.2. The second kappa shape index (κ2) is 9.64. The number of carbonyl (C=O) groups excluding carboxylic acids is 1. The van der Waals surface area contributed by atoms with Crippen LogP contribution < -0.4 is 10.1 Å². The number of hydrogen-bond acceptors (Lipinski definition) is 4. The summed E-state index contributed by atoms with van der Waals surface area (Å²) in [6, 6.07) is 16.2. The van der Waals surface area contributed by atoms with Gasteiger partial charge in [-0.05, 0) is 50.2 Å². The molecule has 24 heavy (non-hydrogen) atoms. The second-order valence-electron chi connectivity index (χ2n) is 5.39. The van der Waals surface area contributed by atoms with Gasteiger partial charge in [-0.3, -0.25) is 4.79 Å². The number of hydrogen-bond donors (Lipinski definition) is 1. The van der Waals surface area contributed by atoms with E-state index in [4.69, 9.17) is 4.74 Å². The minimum Gasteiger partial charge on any atom is -0.497 e. The highest BCUT2D eigenvalue weighted by Crippen LogP contribution is 2.25. The molecule has 1 atom stereocenters. The van der Waals surface area contributed by atoms with Crippen LogP contribution in [0.15, 0.2) is 58.3 Å². The van der Waals surface area contributed by atoms with Crippen molar-refractivity contribution in [1.29, 1.82) is 0 Å². The number of carbonyl (C=O) groups is 1. The molecule has 0 unspecified atom stereocenters. The molecule has 0 aliphatic rings. The van der Waals surface area contributed by atoms with Crippen molar-refractivity contribution >= 4 is 29.4 Å². The van der Waals surface area contributed by atoms with Gasteiger partial charge in [0.2, 0.25) is 5.91 Å². The van der Waals surface area contributed by atoms with E-state index in [-0.39, 0.29) is 11.2 Å². The molecule has 1 amide bonds. The molecular formula is C19H23NO2S2. The molecule has 5 heteroatoms. The lowest BCUT2D eigenvalue weighted by molar-refractivity contribution is -0.120. The molecule has 2 aromatic carbocycles. The molecule has 0 fully saturated rings. The molecule has 0 aliphatic carbocycles. The van der Waals surface area contributed by atoms with Crippen molar-refractivity contribution in [2.75, 3.05) is 19.4 Å². The van der Waals surface area contributed by atoms with Crippen LogP contribution in [-0.2, 0) is 4.79 Å². The fraction of sp³-hybridized carbons (Fsp3) is 0.316. The summed E-state index contributed by atoms with van der Waals surface area (Å²) >= 11 is 3.31. The Labute approximate surface area is 152 Å². The smallest absolute Gasteiger partial charge is 0.233 e. The first-order valence-corrected chi connectivity index (χ1v) is 9.73. The number of ether oxygens (including phenoxy) is 1. The fourth-order valence-corrected chi connectivity index (χ4v) is 3.69. The van der Waals surface area contributed by atoms with E-state index in [0.717, 1.165) is 16.4 Å². The molecule has 0 aromatic heterocycles. The Morgan fingerprint density at radius 2 is 1.71 bits per heavy atom. The van der Waals surface area contributed by atoms with Gasteiger partial charge in [0.1, 0.15) is 5.75 Å². The van der Waals surface area contributed by atoms with Gasteiger partial charge in [-0.1, -0.05) is 17.7 Å². The maximum Gasteiger partial charge on any atom is 0.233 e. The van der Waals surface area contributed by atoms with Gasteiger partial charge < -0.3 is 10.1 Å². The van der Waals surface area contributed by atoms with E-state index >= 15 is 0 Å². The van der Waals surface area contributed by atoms with E-state index in [1.807, 2.05) is 31.2 Å². The summed E-state index contributed by atoms with van der Waals surface area (Å²) in [5.74, 6) is 1.76. The minimum absolute atomic E-state index is 0.0697. The highest BCUT2D eigenvalue weighted by molar-refractivity contribution is 8.00. The van der Waals surface area contributed by atoms with Crippen LogP contribution in [0.25, 0.3) is 0 Å². The normalized spacial score (nSPS) is 11.8. The molecule has 3 nitrogen and oxygen atoms in total. The SMILES string of the molecule is COc1ccc(S[C@@H](C)C(=O)NCCSc2ccc(C)cc2)cc1. The Morgan fingerprint density at radius 1 is 1.08 bits per heavy atom. The highest BCUT2D eigenvalue weighted by Gasteiger charge is 2.13. The molecule has 1 N–H and O–H groups in total. The maximum atomic E-state index is 12.2. The van der Waals surface area contributed by atoms with Gasteiger partial charge in [0.15, 0.2) is 0 Å². The molecule has 2 rings (SSSR count). The van der Waals surface area contributed by atoms with Gasteiger partial charge in [0.25, 0.3) is 0 Å². The van der Waals surface area contributed by atoms with Crippen LogP contribution in [0, 0.1) is 6.92 Å². The van der Waals surface area contributed by atoms with Crippen LogP contribution in [0.1, 0.15) is 12.5 Å². The first kappa shape index (κ1) is 18.7. The predicted octanol–water partition coefficient (Wildman–Crippen LogP) is 4.39. The summed E-state index contributed by atoms with van der Waals surface area (Å²) in [5, 5.41) is 2.88. The quantitative estimate of drug-likeness (QED) is 0.559. The minimum atomic E-state index is -0.122. The van der Waals surface area contributed by atoms with Crippen LogP contribution >= 0.6 is 23.5 Å². The first-order chi connectivity index (χ1) is 11.6. The third-order valence-electron chi connectivity index (χ3n) is 3.43. The van der Waals surface area contributed by atoms with Gasteiger partial charge in [-0.25, -0.2) is 0 Å². The van der Waals surface area contributed by atoms with Crippen molar-refractivity contribution < 1.29 is 9.53 Å². The van der Waals surface area contributed by atoms with E-state index in [0.29, 0.717) is 6.54 Å². The lowest BCUT2D eigenvalue weighted by Crippen LogP contribution is -2.32. The lowest BCUT2D eigenvalue weighted by atomic mass is 10.2. The molecule has 0 saturated heterocycles. The zero-order chi connectivity index (χ0) is 17.4. The van der Waals surface area contributed by atoms with Crippen molar-refractivity contribution in [3.63, 3.8) is 0 Å². The zero-order valence-corrected chi connectivity index (χ0v) is 15.9. The number of nitrogens with one attached hydrogen (secondary N) is 1. The lowest BCUT2D eigenvalue weighted by Gasteiger charge is -2.12. The molecule has 128 valence electrons. The Morgan fingerprint density at radius 3 is 2.33 bits per heavy atom. The average molecular weight is 362 g/mol. The van der Waals surface area contributed by atoms with Gasteiger partial charge in [0.05, 0.1) is 12.4 Å². The van der Waals surface area contributed by atoms with Crippen molar-refractivity contribution in [3.8, 4) is 5.75 Å². The number of benzene rings is 2. The van der Waals surface area contributed by atoms with Gasteiger partial charge in [-0.15, -0.1) is 23.5 Å². The van der Waals surface area contributed by atoms with E-state index in [2.05, 4.69) is 36.5 Å². The highest BCUT2D eigenvalue weighted by atomic mass is 32.2. The van der Waals surface area contributed by atoms with E-state index in [1.54, 1.807) is 30.6 Å². The summed E-state index contributed by atoms with van der Waals surface area (Å²) in [5.41, 5.74) is 1.26. The predicted molar refractivity (Wildman–Crippen MR) is 103 cm³/mol. The Balaban J connectivity index is 1.70. The standard InChI is InChI=1S/C19H23NO2S2/c1-14-4-8-17(9-5-14)23-13-12-20-19(21)15(2)24-18-10-6-16(22-3)7-11-18/h4-11,15H,12-13H2,1-3H3,(H,20,21)/t15-/m0/s1.